The van der Waals surface area contributed by atoms with Crippen LogP contribution >= 0.6 is 0 Å². The fourth-order valence-electron chi connectivity index (χ4n) is 2.40. The normalized spacial score (nSPS) is 10.7. The first-order valence-electron chi connectivity index (χ1n) is 7.03. The molecule has 120 valence electrons. The molecule has 0 radical (unpaired) electrons. The molecule has 0 spiro atoms. The third-order valence-electron chi connectivity index (χ3n) is 3.48. The van der Waals surface area contributed by atoms with Crippen molar-refractivity contribution in [2.45, 2.75) is 19.8 Å². The van der Waals surface area contributed by atoms with Crippen LogP contribution in [0.5, 0.6) is 0 Å². The quantitative estimate of drug-likeness (QED) is 0.692. The van der Waals surface area contributed by atoms with Crippen LogP contribution in [0.3, 0.4) is 0 Å². The minimum atomic E-state index is -0.622. The second-order valence-electron chi connectivity index (χ2n) is 5.32. The van der Waals surface area contributed by atoms with Gasteiger partial charge in [0.05, 0.1) is 23.9 Å². The number of carbonyl (C=O) groups is 2. The standard InChI is InChI=1S/C17H17FN2O3/c1-9(2)15-14(17(22)23-3)13(12(8-21)16(19)20-15)10-4-6-11(18)7-5-10/h4-9H,1-3H3,(H2,19,20). The van der Waals surface area contributed by atoms with Crippen LogP contribution in [0, 0.1) is 5.82 Å². The first-order chi connectivity index (χ1) is 10.9. The number of nitrogens with two attached hydrogens (primary N) is 1. The molecule has 2 N–H and O–H groups in total. The summed E-state index contributed by atoms with van der Waals surface area (Å²) in [5.74, 6) is -1.14. The van der Waals surface area contributed by atoms with Gasteiger partial charge in [-0.3, -0.25) is 4.79 Å². The van der Waals surface area contributed by atoms with Gasteiger partial charge in [0.1, 0.15) is 11.6 Å². The lowest BCUT2D eigenvalue weighted by molar-refractivity contribution is 0.0599. The lowest BCUT2D eigenvalue weighted by atomic mass is 9.91. The molecule has 6 heteroatoms. The summed E-state index contributed by atoms with van der Waals surface area (Å²) >= 11 is 0. The Morgan fingerprint density at radius 1 is 1.30 bits per heavy atom. The smallest absolute Gasteiger partial charge is 0.340 e. The number of aromatic nitrogens is 1. The first-order valence-corrected chi connectivity index (χ1v) is 7.03. The zero-order valence-corrected chi connectivity index (χ0v) is 13.1. The molecule has 0 fully saturated rings. The van der Waals surface area contributed by atoms with Gasteiger partial charge in [-0.15, -0.1) is 0 Å². The summed E-state index contributed by atoms with van der Waals surface area (Å²) in [6.07, 6.45) is 0.539. The number of anilines is 1. The number of pyridine rings is 1. The molecule has 0 amide bonds. The first kappa shape index (κ1) is 16.6. The van der Waals surface area contributed by atoms with E-state index in [0.29, 0.717) is 23.1 Å². The topological polar surface area (TPSA) is 82.3 Å². The maximum Gasteiger partial charge on any atom is 0.340 e. The summed E-state index contributed by atoms with van der Waals surface area (Å²) in [6, 6.07) is 5.45. The van der Waals surface area contributed by atoms with Crippen molar-refractivity contribution in [3.8, 4) is 11.1 Å². The second-order valence-corrected chi connectivity index (χ2v) is 5.32. The van der Waals surface area contributed by atoms with Crippen LogP contribution in [0.25, 0.3) is 11.1 Å². The van der Waals surface area contributed by atoms with E-state index < -0.39 is 11.8 Å². The van der Waals surface area contributed by atoms with Crippen molar-refractivity contribution in [2.24, 2.45) is 0 Å². The maximum atomic E-state index is 13.2. The Morgan fingerprint density at radius 2 is 1.91 bits per heavy atom. The predicted molar refractivity (Wildman–Crippen MR) is 84.9 cm³/mol. The molecule has 1 heterocycles. The molecule has 1 aromatic heterocycles. The van der Waals surface area contributed by atoms with Crippen LogP contribution < -0.4 is 5.73 Å². The minimum absolute atomic E-state index is 0.0238. The largest absolute Gasteiger partial charge is 0.465 e. The van der Waals surface area contributed by atoms with Crippen LogP contribution in [0.2, 0.25) is 0 Å². The minimum Gasteiger partial charge on any atom is -0.465 e. The molecule has 0 saturated heterocycles. The van der Waals surface area contributed by atoms with Crippen LogP contribution in [0.1, 0.15) is 46.2 Å². The summed E-state index contributed by atoms with van der Waals surface area (Å²) < 4.78 is 18.0. The zero-order valence-electron chi connectivity index (χ0n) is 13.1. The fourth-order valence-corrected chi connectivity index (χ4v) is 2.40. The number of aldehydes is 1. The average Bonchev–Trinajstić information content (AvgIpc) is 2.53. The van der Waals surface area contributed by atoms with E-state index in [0.717, 1.165) is 0 Å². The van der Waals surface area contributed by atoms with Gasteiger partial charge in [-0.1, -0.05) is 26.0 Å². The van der Waals surface area contributed by atoms with Crippen molar-refractivity contribution in [3.05, 3.63) is 46.9 Å². The van der Waals surface area contributed by atoms with Crippen molar-refractivity contribution in [2.75, 3.05) is 12.8 Å². The molecular weight excluding hydrogens is 299 g/mol. The highest BCUT2D eigenvalue weighted by Crippen LogP contribution is 2.34. The number of methoxy groups -OCH3 is 1. The predicted octanol–water partition coefficient (Wildman–Crippen LogP) is 3.19. The highest BCUT2D eigenvalue weighted by atomic mass is 19.1. The summed E-state index contributed by atoms with van der Waals surface area (Å²) in [5.41, 5.74) is 7.36. The third-order valence-corrected chi connectivity index (χ3v) is 3.48. The summed E-state index contributed by atoms with van der Waals surface area (Å²) in [7, 11) is 1.25. The molecule has 0 aliphatic rings. The Bertz CT molecular complexity index is 755. The molecule has 2 aromatic rings. The van der Waals surface area contributed by atoms with Crippen molar-refractivity contribution in [1.82, 2.24) is 4.98 Å². The van der Waals surface area contributed by atoms with Gasteiger partial charge in [-0.05, 0) is 23.6 Å². The van der Waals surface area contributed by atoms with E-state index in [4.69, 9.17) is 10.5 Å². The van der Waals surface area contributed by atoms with Gasteiger partial charge in [0.25, 0.3) is 0 Å². The van der Waals surface area contributed by atoms with Crippen molar-refractivity contribution >= 4 is 18.1 Å². The Hall–Kier alpha value is -2.76. The number of benzene rings is 1. The van der Waals surface area contributed by atoms with E-state index >= 15 is 0 Å². The van der Waals surface area contributed by atoms with Crippen LogP contribution in [-0.2, 0) is 4.74 Å². The Kier molecular flexibility index (Phi) is 4.74. The molecule has 5 nitrogen and oxygen atoms in total. The molecule has 23 heavy (non-hydrogen) atoms. The van der Waals surface area contributed by atoms with Gasteiger partial charge in [0, 0.05) is 5.56 Å². The lowest BCUT2D eigenvalue weighted by Crippen LogP contribution is -2.15. The molecule has 0 aliphatic carbocycles. The molecule has 1 aromatic carbocycles. The van der Waals surface area contributed by atoms with Crippen molar-refractivity contribution in [1.29, 1.82) is 0 Å². The number of hydrogen-bond donors (Lipinski definition) is 1. The highest BCUT2D eigenvalue weighted by Gasteiger charge is 2.26. The monoisotopic (exact) mass is 316 g/mol. The van der Waals surface area contributed by atoms with Gasteiger partial charge < -0.3 is 10.5 Å². The van der Waals surface area contributed by atoms with E-state index in [-0.39, 0.29) is 22.9 Å². The average molecular weight is 316 g/mol. The van der Waals surface area contributed by atoms with Gasteiger partial charge in [0.2, 0.25) is 0 Å². The van der Waals surface area contributed by atoms with Crippen molar-refractivity contribution < 1.29 is 18.7 Å². The summed E-state index contributed by atoms with van der Waals surface area (Å²) in [4.78, 5) is 28.0. The zero-order chi connectivity index (χ0) is 17.1. The SMILES string of the molecule is COC(=O)c1c(C(C)C)nc(N)c(C=O)c1-c1ccc(F)cc1. The number of nitrogens with zero attached hydrogens (tertiary/aromatic N) is 1. The van der Waals surface area contributed by atoms with Gasteiger partial charge >= 0.3 is 5.97 Å². The van der Waals surface area contributed by atoms with Gasteiger partial charge in [0.15, 0.2) is 6.29 Å². The molecule has 2 rings (SSSR count). The van der Waals surface area contributed by atoms with E-state index in [1.54, 1.807) is 0 Å². The lowest BCUT2D eigenvalue weighted by Gasteiger charge is -2.18. The molecule has 0 atom stereocenters. The number of carbonyl (C=O) groups excluding carboxylic acids is 2. The molecule has 0 aliphatic heterocycles. The van der Waals surface area contributed by atoms with E-state index in [1.807, 2.05) is 13.8 Å². The number of nitrogen functional groups attached to an aromatic ring is 1. The van der Waals surface area contributed by atoms with E-state index in [1.165, 1.54) is 31.4 Å². The van der Waals surface area contributed by atoms with Crippen molar-refractivity contribution in [3.63, 3.8) is 0 Å². The van der Waals surface area contributed by atoms with E-state index in [2.05, 4.69) is 4.98 Å². The Labute approximate surface area is 133 Å². The highest BCUT2D eigenvalue weighted by molar-refractivity contribution is 6.05. The third kappa shape index (κ3) is 3.06. The molecule has 0 saturated carbocycles. The van der Waals surface area contributed by atoms with Crippen LogP contribution in [-0.4, -0.2) is 24.3 Å². The summed E-state index contributed by atoms with van der Waals surface area (Å²) in [6.45, 7) is 3.70. The fraction of sp³-hybridized carbons (Fsp3) is 0.235. The van der Waals surface area contributed by atoms with E-state index in [9.17, 15) is 14.0 Å². The molecular formula is C17H17FN2O3. The van der Waals surface area contributed by atoms with Gasteiger partial charge in [-0.2, -0.15) is 0 Å². The number of ether oxygens (including phenoxy) is 1. The van der Waals surface area contributed by atoms with Crippen LogP contribution in [0.15, 0.2) is 24.3 Å². The Morgan fingerprint density at radius 3 is 2.39 bits per heavy atom. The molecule has 0 bridgehead atoms. The Balaban J connectivity index is 2.92. The van der Waals surface area contributed by atoms with Gasteiger partial charge in [-0.25, -0.2) is 14.2 Å². The molecule has 0 unspecified atom stereocenters. The maximum absolute atomic E-state index is 13.2. The van der Waals surface area contributed by atoms with Crippen LogP contribution in [0.4, 0.5) is 10.2 Å². The second kappa shape index (κ2) is 6.56. The summed E-state index contributed by atoms with van der Waals surface area (Å²) in [5, 5.41) is 0. The number of halogens is 1. The number of rotatable bonds is 4. The number of esters is 1. The number of hydrogen-bond acceptors (Lipinski definition) is 5.